The molecule has 45 heavy (non-hydrogen) atoms. The van der Waals surface area contributed by atoms with E-state index in [1.165, 1.54) is 0 Å². The minimum Gasteiger partial charge on any atom is -0.387 e. The maximum absolute atomic E-state index is 15.8. The number of nitrogens with zero attached hydrogens (tertiary/aromatic N) is 7. The lowest BCUT2D eigenvalue weighted by Gasteiger charge is -2.31. The lowest BCUT2D eigenvalue weighted by molar-refractivity contribution is -0.120. The van der Waals surface area contributed by atoms with Gasteiger partial charge in [0, 0.05) is 0 Å². The van der Waals surface area contributed by atoms with Crippen LogP contribution < -0.4 is 5.32 Å². The summed E-state index contributed by atoms with van der Waals surface area (Å²) >= 11 is 0. The zero-order valence-corrected chi connectivity index (χ0v) is 24.0. The Labute approximate surface area is 250 Å². The van der Waals surface area contributed by atoms with Gasteiger partial charge in [0.1, 0.15) is 42.7 Å². The molecule has 0 aromatic heterocycles. The largest absolute Gasteiger partial charge is 0.472 e. The van der Waals surface area contributed by atoms with Gasteiger partial charge in [0.2, 0.25) is 5.96 Å². The summed E-state index contributed by atoms with van der Waals surface area (Å²) < 4.78 is 73.8. The predicted octanol–water partition coefficient (Wildman–Crippen LogP) is -2.99. The molecule has 12 atom stereocenters. The van der Waals surface area contributed by atoms with Crippen molar-refractivity contribution < 1.29 is 65.6 Å². The highest BCUT2D eigenvalue weighted by atomic mass is 31.2. The summed E-state index contributed by atoms with van der Waals surface area (Å²) in [4.78, 5) is 66.8. The van der Waals surface area contributed by atoms with Crippen molar-refractivity contribution in [2.24, 2.45) is 25.0 Å². The van der Waals surface area contributed by atoms with E-state index in [0.29, 0.717) is 0 Å². The third kappa shape index (κ3) is 5.38. The molecule has 0 saturated carbocycles. The molecule has 22 nitrogen and oxygen atoms in total. The summed E-state index contributed by atoms with van der Waals surface area (Å²) in [5.74, 6) is -2.08. The van der Waals surface area contributed by atoms with Crippen molar-refractivity contribution in [3.05, 3.63) is 0 Å². The number of nitrogens with one attached hydrogen (secondary N) is 2. The maximum atomic E-state index is 15.8. The first-order chi connectivity index (χ1) is 21.3. The summed E-state index contributed by atoms with van der Waals surface area (Å²) in [5.41, 5.74) is 0. The van der Waals surface area contributed by atoms with Crippen LogP contribution in [0.5, 0.6) is 0 Å². The first-order valence-corrected chi connectivity index (χ1v) is 16.0. The van der Waals surface area contributed by atoms with E-state index in [2.05, 4.69) is 30.3 Å². The fraction of sp³-hybridized carbons (Fsp3) is 0.600. The van der Waals surface area contributed by atoms with E-state index in [1.54, 1.807) is 0 Å². The fourth-order valence-corrected chi connectivity index (χ4v) is 7.33. The molecule has 3 saturated heterocycles. The molecule has 0 spiro atoms. The molecule has 0 radical (unpaired) electrons. The molecule has 2 bridgehead atoms. The summed E-state index contributed by atoms with van der Waals surface area (Å²) in [5, 5.41) is 20.9. The lowest BCUT2D eigenvalue weighted by Crippen LogP contribution is -2.53. The molecule has 7 heterocycles. The van der Waals surface area contributed by atoms with Gasteiger partial charge in [0.25, 0.3) is 11.8 Å². The normalized spacial score (nSPS) is 46.1. The van der Waals surface area contributed by atoms with Gasteiger partial charge in [-0.3, -0.25) is 58.2 Å². The smallest absolute Gasteiger partial charge is 0.387 e. The van der Waals surface area contributed by atoms with E-state index in [0.717, 1.165) is 28.8 Å². The van der Waals surface area contributed by atoms with Crippen LogP contribution in [0, 0.1) is 5.41 Å². The molecule has 0 aromatic rings. The molecular weight excluding hydrogens is 655 g/mol. The number of aliphatic imine (C=N–C) groups is 5. The van der Waals surface area contributed by atoms with Crippen LogP contribution >= 0.6 is 15.6 Å². The number of carbonyl (C=O) groups is 2. The Kier molecular flexibility index (Phi) is 7.41. The van der Waals surface area contributed by atoms with Crippen LogP contribution in [0.1, 0.15) is 0 Å². The number of guanidine groups is 1. The zero-order valence-electron chi connectivity index (χ0n) is 22.2. The number of phosphoric acid groups is 2. The third-order valence-corrected chi connectivity index (χ3v) is 9.44. The van der Waals surface area contributed by atoms with Gasteiger partial charge in [0.15, 0.2) is 36.5 Å². The first kappa shape index (κ1) is 30.4. The second-order valence-electron chi connectivity index (χ2n) is 10.3. The Hall–Kier alpha value is -3.21. The second kappa shape index (κ2) is 11.0. The third-order valence-electron chi connectivity index (χ3n) is 7.47. The Morgan fingerprint density at radius 3 is 2.29 bits per heavy atom. The Balaban J connectivity index is 1.15. The Morgan fingerprint density at radius 2 is 1.56 bits per heavy atom. The van der Waals surface area contributed by atoms with Gasteiger partial charge in [-0.1, -0.05) is 0 Å². The van der Waals surface area contributed by atoms with Crippen LogP contribution in [0.15, 0.2) is 25.0 Å². The van der Waals surface area contributed by atoms with Gasteiger partial charge in [0.05, 0.1) is 25.9 Å². The molecule has 5 N–H and O–H groups in total. The molecule has 2 amide bonds. The number of hydrogen-bond acceptors (Lipinski definition) is 17. The van der Waals surface area contributed by atoms with Crippen LogP contribution in [-0.4, -0.2) is 148 Å². The number of amidine groups is 2. The van der Waals surface area contributed by atoms with Crippen molar-refractivity contribution in [3.8, 4) is 0 Å². The van der Waals surface area contributed by atoms with Gasteiger partial charge in [-0.2, -0.15) is 9.98 Å². The number of phosphoric ester groups is 2. The molecule has 3 fully saturated rings. The van der Waals surface area contributed by atoms with E-state index >= 15 is 4.39 Å². The quantitative estimate of drug-likeness (QED) is 0.182. The van der Waals surface area contributed by atoms with Crippen LogP contribution in [0.4, 0.5) is 4.39 Å². The number of rotatable bonds is 2. The zero-order chi connectivity index (χ0) is 31.8. The SMILES string of the molecule is N=C1N=C2C(N=CN2[C@@H]2O[C@@H]3COP(=O)(O)O[C@H]4[C@@H](F)[C@H](N5C=NC6C(=O)N=CN=C65)O[C@@H]4COP(=O)(O)O[C@@H]2[C@@H]3O)C(=O)N1. The highest BCUT2D eigenvalue weighted by Crippen LogP contribution is 2.52. The average Bonchev–Trinajstić information content (AvgIpc) is 3.72. The van der Waals surface area contributed by atoms with Gasteiger partial charge in [-0.25, -0.2) is 18.5 Å². The number of aliphatic hydroxyl groups is 1. The van der Waals surface area contributed by atoms with Gasteiger partial charge in [-0.15, -0.1) is 0 Å². The fourth-order valence-electron chi connectivity index (χ4n) is 5.44. The van der Waals surface area contributed by atoms with Gasteiger partial charge < -0.3 is 24.4 Å². The highest BCUT2D eigenvalue weighted by molar-refractivity contribution is 7.47. The van der Waals surface area contributed by atoms with Crippen LogP contribution in [0.25, 0.3) is 0 Å². The number of fused-ring (bicyclic) bond motifs is 5. The first-order valence-electron chi connectivity index (χ1n) is 13.0. The minimum atomic E-state index is -5.18. The lowest BCUT2D eigenvalue weighted by atomic mass is 10.1. The number of hydrogen-bond donors (Lipinski definition) is 5. The summed E-state index contributed by atoms with van der Waals surface area (Å²) in [6.07, 6.45) is -11.1. The number of alkyl halides is 1. The predicted molar refractivity (Wildman–Crippen MR) is 142 cm³/mol. The molecule has 7 aliphatic heterocycles. The Bertz CT molecular complexity index is 1590. The van der Waals surface area contributed by atoms with Crippen molar-refractivity contribution in [2.45, 2.75) is 61.2 Å². The number of halogens is 1. The number of amides is 2. The van der Waals surface area contributed by atoms with Crippen molar-refractivity contribution in [1.82, 2.24) is 15.1 Å². The number of carbonyl (C=O) groups excluding carboxylic acids is 2. The topological polar surface area (TPSA) is 289 Å². The minimum absolute atomic E-state index is 0.0476. The molecule has 7 rings (SSSR count). The second-order valence-corrected chi connectivity index (χ2v) is 13.1. The number of aliphatic hydroxyl groups excluding tert-OH is 1. The van der Waals surface area contributed by atoms with Gasteiger partial charge >= 0.3 is 15.6 Å². The molecular formula is C20H22FN9O13P2. The molecule has 242 valence electrons. The molecule has 7 aliphatic rings. The van der Waals surface area contributed by atoms with Crippen LogP contribution in [0.3, 0.4) is 0 Å². The Morgan fingerprint density at radius 1 is 0.933 bits per heavy atom. The van der Waals surface area contributed by atoms with Crippen molar-refractivity contribution in [2.75, 3.05) is 13.2 Å². The monoisotopic (exact) mass is 677 g/mol. The molecule has 0 aromatic carbocycles. The van der Waals surface area contributed by atoms with Crippen LogP contribution in [-0.2, 0) is 46.3 Å². The maximum Gasteiger partial charge on any atom is 0.472 e. The molecule has 25 heteroatoms. The van der Waals surface area contributed by atoms with E-state index in [4.69, 9.17) is 33.0 Å². The van der Waals surface area contributed by atoms with E-state index < -0.39 is 108 Å². The van der Waals surface area contributed by atoms with E-state index in [-0.39, 0.29) is 11.7 Å². The molecule has 0 aliphatic carbocycles. The summed E-state index contributed by atoms with van der Waals surface area (Å²) in [7, 11) is -10.4. The highest BCUT2D eigenvalue weighted by Gasteiger charge is 2.57. The average molecular weight is 677 g/mol. The van der Waals surface area contributed by atoms with Gasteiger partial charge in [-0.05, 0) is 0 Å². The van der Waals surface area contributed by atoms with Crippen molar-refractivity contribution in [3.63, 3.8) is 0 Å². The van der Waals surface area contributed by atoms with E-state index in [1.807, 2.05) is 0 Å². The van der Waals surface area contributed by atoms with Crippen molar-refractivity contribution >= 4 is 64.1 Å². The standard InChI is InChI=1S/C20H22FN9O13P2/c21-8-12-7(41-18(8)29-4-25-9-14(29)23-3-24-16(9)32)2-39-45(36,37)43-13-11(31)6(1-38-44(34,35)42-12)40-19(13)30-5-26-10-15(30)27-20(22)28-17(10)33/h3-13,18-19,31H,1-2H2,(H,34,35)(H,36,37)(H2,22,28,33)/t6-,7-,8-,9?,10?,11-,12-,13-,18-,19-/m1/s1. The summed E-state index contributed by atoms with van der Waals surface area (Å²) in [6.45, 7) is -1.83. The molecule has 4 unspecified atom stereocenters. The van der Waals surface area contributed by atoms with Crippen LogP contribution in [0.2, 0.25) is 0 Å². The van der Waals surface area contributed by atoms with Crippen molar-refractivity contribution in [1.29, 1.82) is 5.41 Å². The summed E-state index contributed by atoms with van der Waals surface area (Å²) in [6, 6.07) is -2.37. The van der Waals surface area contributed by atoms with E-state index in [9.17, 15) is 33.6 Å². The number of ether oxygens (including phenoxy) is 2.